The van der Waals surface area contributed by atoms with Crippen molar-refractivity contribution in [3.63, 3.8) is 0 Å². The molecule has 6 heteroatoms. The second kappa shape index (κ2) is 4.96. The second-order valence-electron chi connectivity index (χ2n) is 5.11. The van der Waals surface area contributed by atoms with Crippen molar-refractivity contribution < 1.29 is 0 Å². The summed E-state index contributed by atoms with van der Waals surface area (Å²) in [6.07, 6.45) is 1.97. The molecule has 1 aliphatic rings. The van der Waals surface area contributed by atoms with Crippen molar-refractivity contribution in [3.8, 4) is 0 Å². The summed E-state index contributed by atoms with van der Waals surface area (Å²) >= 11 is 1.61. The van der Waals surface area contributed by atoms with Crippen molar-refractivity contribution in [2.24, 2.45) is 0 Å². The van der Waals surface area contributed by atoms with E-state index < -0.39 is 0 Å². The first-order valence-electron chi connectivity index (χ1n) is 6.99. The second-order valence-corrected chi connectivity index (χ2v) is 6.22. The zero-order valence-corrected chi connectivity index (χ0v) is 12.2. The maximum atomic E-state index is 12.1. The number of anilines is 1. The first-order chi connectivity index (χ1) is 10.3. The Balaban J connectivity index is 1.71. The van der Waals surface area contributed by atoms with Gasteiger partial charge in [-0.05, 0) is 25.0 Å². The van der Waals surface area contributed by atoms with Gasteiger partial charge in [-0.2, -0.15) is 5.10 Å². The van der Waals surface area contributed by atoms with Gasteiger partial charge < -0.3 is 5.32 Å². The fourth-order valence-corrected chi connectivity index (χ4v) is 3.53. The van der Waals surface area contributed by atoms with Crippen molar-refractivity contribution >= 4 is 27.2 Å². The van der Waals surface area contributed by atoms with Gasteiger partial charge in [0, 0.05) is 12.6 Å². The number of thiazole rings is 1. The Kier molecular flexibility index (Phi) is 2.96. The molecule has 0 atom stereocenters. The van der Waals surface area contributed by atoms with E-state index in [9.17, 15) is 4.79 Å². The maximum Gasteiger partial charge on any atom is 0.269 e. The van der Waals surface area contributed by atoms with Crippen LogP contribution in [0.25, 0.3) is 10.2 Å². The van der Waals surface area contributed by atoms with Crippen LogP contribution in [0.15, 0.2) is 35.1 Å². The molecule has 1 aliphatic heterocycles. The number of nitrogens with zero attached hydrogens (tertiary/aromatic N) is 3. The van der Waals surface area contributed by atoms with Crippen LogP contribution in [0.1, 0.15) is 17.1 Å². The zero-order chi connectivity index (χ0) is 14.2. The Morgan fingerprint density at radius 2 is 2.24 bits per heavy atom. The molecule has 1 aromatic carbocycles. The lowest BCUT2D eigenvalue weighted by molar-refractivity contribution is 0.607. The molecule has 5 nitrogen and oxygen atoms in total. The molecule has 0 radical (unpaired) electrons. The average molecular weight is 298 g/mol. The molecule has 0 spiro atoms. The van der Waals surface area contributed by atoms with Crippen LogP contribution in [-0.4, -0.2) is 21.3 Å². The predicted molar refractivity (Wildman–Crippen MR) is 84.0 cm³/mol. The standard InChI is InChI=1S/C15H14N4OS/c20-15-8-12-10(5-3-7-16-12)18-19(15)9-14-17-11-4-1-2-6-13(11)21-14/h1-2,4,6,8,16H,3,5,7,9H2. The summed E-state index contributed by atoms with van der Waals surface area (Å²) in [5.41, 5.74) is 2.75. The highest BCUT2D eigenvalue weighted by atomic mass is 32.1. The highest BCUT2D eigenvalue weighted by molar-refractivity contribution is 7.18. The normalized spacial score (nSPS) is 13.9. The minimum Gasteiger partial charge on any atom is -0.383 e. The largest absolute Gasteiger partial charge is 0.383 e. The molecule has 4 rings (SSSR count). The molecule has 3 aromatic rings. The zero-order valence-electron chi connectivity index (χ0n) is 11.4. The minimum atomic E-state index is -0.0811. The van der Waals surface area contributed by atoms with E-state index in [1.807, 2.05) is 24.3 Å². The van der Waals surface area contributed by atoms with E-state index in [-0.39, 0.29) is 5.56 Å². The summed E-state index contributed by atoms with van der Waals surface area (Å²) in [4.78, 5) is 16.7. The fourth-order valence-electron chi connectivity index (χ4n) is 2.58. The molecule has 21 heavy (non-hydrogen) atoms. The van der Waals surface area contributed by atoms with E-state index in [0.29, 0.717) is 6.54 Å². The van der Waals surface area contributed by atoms with Crippen LogP contribution < -0.4 is 10.9 Å². The fraction of sp³-hybridized carbons (Fsp3) is 0.267. The van der Waals surface area contributed by atoms with Gasteiger partial charge in [0.05, 0.1) is 28.1 Å². The molecule has 1 N–H and O–H groups in total. The first kappa shape index (κ1) is 12.5. The molecule has 0 bridgehead atoms. The lowest BCUT2D eigenvalue weighted by Crippen LogP contribution is -2.27. The topological polar surface area (TPSA) is 59.8 Å². The lowest BCUT2D eigenvalue weighted by atomic mass is 10.1. The Hall–Kier alpha value is -2.21. The third-order valence-corrected chi connectivity index (χ3v) is 4.62. The summed E-state index contributed by atoms with van der Waals surface area (Å²) < 4.78 is 2.66. The molecular formula is C15H14N4OS. The predicted octanol–water partition coefficient (Wildman–Crippen LogP) is 2.26. The Morgan fingerprint density at radius 1 is 1.33 bits per heavy atom. The highest BCUT2D eigenvalue weighted by Crippen LogP contribution is 2.22. The van der Waals surface area contributed by atoms with Gasteiger partial charge in [-0.15, -0.1) is 11.3 Å². The van der Waals surface area contributed by atoms with Crippen LogP contribution in [-0.2, 0) is 13.0 Å². The molecule has 0 amide bonds. The molecule has 0 saturated carbocycles. The Bertz CT molecular complexity index is 834. The van der Waals surface area contributed by atoms with Crippen molar-refractivity contribution in [2.45, 2.75) is 19.4 Å². The number of rotatable bonds is 2. The third kappa shape index (κ3) is 2.31. The van der Waals surface area contributed by atoms with E-state index in [0.717, 1.165) is 46.0 Å². The highest BCUT2D eigenvalue weighted by Gasteiger charge is 2.13. The molecule has 0 saturated heterocycles. The summed E-state index contributed by atoms with van der Waals surface area (Å²) in [5, 5.41) is 8.63. The number of nitrogens with one attached hydrogen (secondary N) is 1. The van der Waals surface area contributed by atoms with Crippen LogP contribution in [0.3, 0.4) is 0 Å². The molecule has 3 heterocycles. The minimum absolute atomic E-state index is 0.0811. The van der Waals surface area contributed by atoms with E-state index in [1.165, 1.54) is 4.68 Å². The van der Waals surface area contributed by atoms with Crippen molar-refractivity contribution in [2.75, 3.05) is 11.9 Å². The van der Waals surface area contributed by atoms with E-state index >= 15 is 0 Å². The van der Waals surface area contributed by atoms with Crippen molar-refractivity contribution in [1.29, 1.82) is 0 Å². The van der Waals surface area contributed by atoms with Gasteiger partial charge in [0.2, 0.25) is 0 Å². The molecule has 0 fully saturated rings. The number of para-hydroxylation sites is 1. The number of hydrogen-bond acceptors (Lipinski definition) is 5. The Morgan fingerprint density at radius 3 is 3.14 bits per heavy atom. The third-order valence-electron chi connectivity index (χ3n) is 3.60. The van der Waals surface area contributed by atoms with Gasteiger partial charge in [-0.3, -0.25) is 4.79 Å². The summed E-state index contributed by atoms with van der Waals surface area (Å²) in [6, 6.07) is 9.65. The quantitative estimate of drug-likeness (QED) is 0.788. The van der Waals surface area contributed by atoms with E-state index in [4.69, 9.17) is 0 Å². The SMILES string of the molecule is O=c1cc2c(nn1Cc1nc3ccccc3s1)CCCN2. The van der Waals surface area contributed by atoms with Gasteiger partial charge in [-0.25, -0.2) is 9.67 Å². The number of fused-ring (bicyclic) bond motifs is 2. The van der Waals surface area contributed by atoms with Crippen LogP contribution in [0.2, 0.25) is 0 Å². The van der Waals surface area contributed by atoms with Crippen LogP contribution >= 0.6 is 11.3 Å². The lowest BCUT2D eigenvalue weighted by Gasteiger charge is -2.17. The number of aromatic nitrogens is 3. The first-order valence-corrected chi connectivity index (χ1v) is 7.80. The Labute approximate surface area is 125 Å². The van der Waals surface area contributed by atoms with Gasteiger partial charge in [0.25, 0.3) is 5.56 Å². The molecule has 106 valence electrons. The monoisotopic (exact) mass is 298 g/mol. The average Bonchev–Trinajstić information content (AvgIpc) is 2.90. The van der Waals surface area contributed by atoms with Crippen molar-refractivity contribution in [3.05, 3.63) is 51.4 Å². The molecule has 2 aromatic heterocycles. The summed E-state index contributed by atoms with van der Waals surface area (Å²) in [6.45, 7) is 1.35. The van der Waals surface area contributed by atoms with Crippen LogP contribution in [0, 0.1) is 0 Å². The van der Waals surface area contributed by atoms with Gasteiger partial charge in [0.15, 0.2) is 0 Å². The maximum absolute atomic E-state index is 12.1. The van der Waals surface area contributed by atoms with Crippen LogP contribution in [0.5, 0.6) is 0 Å². The number of benzene rings is 1. The van der Waals surface area contributed by atoms with Gasteiger partial charge in [0.1, 0.15) is 5.01 Å². The summed E-state index contributed by atoms with van der Waals surface area (Å²) in [5.74, 6) is 0. The van der Waals surface area contributed by atoms with E-state index in [1.54, 1.807) is 17.4 Å². The summed E-state index contributed by atoms with van der Waals surface area (Å²) in [7, 11) is 0. The smallest absolute Gasteiger partial charge is 0.269 e. The number of hydrogen-bond donors (Lipinski definition) is 1. The molecular weight excluding hydrogens is 284 g/mol. The molecule has 0 aliphatic carbocycles. The molecule has 0 unspecified atom stereocenters. The van der Waals surface area contributed by atoms with Crippen LogP contribution in [0.4, 0.5) is 5.69 Å². The van der Waals surface area contributed by atoms with Gasteiger partial charge >= 0.3 is 0 Å². The van der Waals surface area contributed by atoms with Gasteiger partial charge in [-0.1, -0.05) is 12.1 Å². The number of aryl methyl sites for hydroxylation is 1. The van der Waals surface area contributed by atoms with Crippen molar-refractivity contribution in [1.82, 2.24) is 14.8 Å². The van der Waals surface area contributed by atoms with E-state index in [2.05, 4.69) is 15.4 Å².